The maximum absolute atomic E-state index is 14.0. The van der Waals surface area contributed by atoms with Crippen LogP contribution < -0.4 is 20.0 Å². The molecular weight excluding hydrogens is 1350 g/mol. The van der Waals surface area contributed by atoms with Gasteiger partial charge in [-0.05, 0) is 133 Å². The third kappa shape index (κ3) is 15.6. The van der Waals surface area contributed by atoms with Crippen molar-refractivity contribution >= 4 is 66.4 Å². The van der Waals surface area contributed by atoms with E-state index in [4.69, 9.17) is 9.47 Å². The Bertz CT molecular complexity index is 4880. The van der Waals surface area contributed by atoms with Crippen molar-refractivity contribution in [3.63, 3.8) is 0 Å². The molecular formula is C92H92N4O6Zr. The zero-order valence-electron chi connectivity index (χ0n) is 61.3. The number of aryl methyl sites for hydroxylation is 4. The monoisotopic (exact) mass is 1440 g/mol. The summed E-state index contributed by atoms with van der Waals surface area (Å²) in [5.74, 6) is 0.383. The number of rotatable bonds is 18. The molecule has 0 radical (unpaired) electrons. The Kier molecular flexibility index (Phi) is 22.3. The number of aromatic nitrogens is 2. The van der Waals surface area contributed by atoms with Gasteiger partial charge in [-0.25, -0.2) is 0 Å². The summed E-state index contributed by atoms with van der Waals surface area (Å²) in [4.78, 5) is 4.16. The fraction of sp³-hybridized carbons (Fsp3) is 0.217. The number of fused-ring (bicyclic) bond motifs is 6. The van der Waals surface area contributed by atoms with Gasteiger partial charge in [0.15, 0.2) is 11.5 Å². The summed E-state index contributed by atoms with van der Waals surface area (Å²) >= 11 is -0.258. The normalized spacial score (nSPS) is 11.5. The Morgan fingerprint density at radius 3 is 0.990 bits per heavy atom. The molecule has 0 amide bonds. The number of methoxy groups -OCH3 is 2. The van der Waals surface area contributed by atoms with E-state index in [1.54, 1.807) is 14.2 Å². The summed E-state index contributed by atoms with van der Waals surface area (Å²) < 4.78 is 18.1. The Morgan fingerprint density at radius 1 is 0.359 bits per heavy atom. The molecule has 0 aliphatic heterocycles. The van der Waals surface area contributed by atoms with Crippen LogP contribution in [-0.4, -0.2) is 59.9 Å². The second-order valence-corrected chi connectivity index (χ2v) is 31.8. The maximum atomic E-state index is 14.0. The molecule has 0 spiro atoms. The molecule has 11 heteroatoms. The van der Waals surface area contributed by atoms with E-state index in [0.717, 1.165) is 99.5 Å². The van der Waals surface area contributed by atoms with E-state index in [1.807, 2.05) is 173 Å². The molecule has 0 atom stereocenters. The summed E-state index contributed by atoms with van der Waals surface area (Å²) in [5.41, 5.74) is 19.5. The van der Waals surface area contributed by atoms with Gasteiger partial charge in [0, 0.05) is 71.4 Å². The average Bonchev–Trinajstić information content (AvgIpc) is 1.67. The molecule has 0 saturated heterocycles. The molecule has 2 N–H and O–H groups in total. The van der Waals surface area contributed by atoms with Crippen molar-refractivity contribution < 1.29 is 53.1 Å². The van der Waals surface area contributed by atoms with Gasteiger partial charge in [0.25, 0.3) is 0 Å². The Balaban J connectivity index is 0.000000162. The van der Waals surface area contributed by atoms with Crippen molar-refractivity contribution in [1.29, 1.82) is 0 Å². The van der Waals surface area contributed by atoms with Gasteiger partial charge in [0.05, 0.1) is 58.0 Å². The van der Waals surface area contributed by atoms with Crippen LogP contribution in [0.1, 0.15) is 86.1 Å². The SMILES string of the molecule is COCCN(c1ccccc1-c1cc(C)cc(C(C)(C)C)c1[O-])c1cc(C)cc(-n2c3ccccc3c3ccccc32)c1O.COCCN(c1ccccc1-c1cc(C)cc(C(C)(C)C)c1[O-])c1cc(C)cc(-n2c3ccccc3c3ccccc32)c1O.c1ccc([CH2][Zr+2][CH2]c2ccccc2)cc1. The van der Waals surface area contributed by atoms with Crippen LogP contribution >= 0.6 is 0 Å². The predicted octanol–water partition coefficient (Wildman–Crippen LogP) is 21.3. The van der Waals surface area contributed by atoms with E-state index in [9.17, 15) is 20.4 Å². The number of ether oxygens (including phenoxy) is 2. The first-order valence-electron chi connectivity index (χ1n) is 35.4. The van der Waals surface area contributed by atoms with Crippen molar-refractivity contribution in [3.8, 4) is 56.6 Å². The number of phenols is 2. The summed E-state index contributed by atoms with van der Waals surface area (Å²) in [6.07, 6.45) is 0. The molecule has 0 aliphatic carbocycles. The van der Waals surface area contributed by atoms with Crippen molar-refractivity contribution in [3.05, 3.63) is 299 Å². The molecule has 12 aromatic carbocycles. The van der Waals surface area contributed by atoms with Crippen molar-refractivity contribution in [1.82, 2.24) is 9.13 Å². The summed E-state index contributed by atoms with van der Waals surface area (Å²) in [6.45, 7) is 22.4. The number of nitrogens with zero attached hydrogens (tertiary/aromatic N) is 4. The minimum atomic E-state index is -0.297. The van der Waals surface area contributed by atoms with Crippen LogP contribution in [0.15, 0.2) is 255 Å². The quantitative estimate of drug-likeness (QED) is 0.0871. The second-order valence-electron chi connectivity index (χ2n) is 28.8. The van der Waals surface area contributed by atoms with Gasteiger partial charge in [-0.3, -0.25) is 0 Å². The number of anilines is 4. The van der Waals surface area contributed by atoms with Crippen LogP contribution in [0.25, 0.3) is 77.2 Å². The van der Waals surface area contributed by atoms with Gasteiger partial charge in [0.1, 0.15) is 0 Å². The molecule has 14 aromatic rings. The van der Waals surface area contributed by atoms with Crippen molar-refractivity contribution in [2.75, 3.05) is 50.3 Å². The van der Waals surface area contributed by atoms with Gasteiger partial charge in [-0.2, -0.15) is 0 Å². The topological polar surface area (TPSA) is 121 Å². The molecule has 520 valence electrons. The van der Waals surface area contributed by atoms with Crippen LogP contribution in [0.3, 0.4) is 0 Å². The molecule has 14 rings (SSSR count). The van der Waals surface area contributed by atoms with E-state index in [1.165, 1.54) is 19.4 Å². The molecule has 0 fully saturated rings. The molecule has 2 heterocycles. The van der Waals surface area contributed by atoms with Gasteiger partial charge < -0.3 is 48.8 Å². The first-order chi connectivity index (χ1) is 49.6. The van der Waals surface area contributed by atoms with E-state index >= 15 is 0 Å². The van der Waals surface area contributed by atoms with Gasteiger partial charge in [0.2, 0.25) is 0 Å². The molecule has 2 aromatic heterocycles. The molecule has 10 nitrogen and oxygen atoms in total. The average molecular weight is 1440 g/mol. The molecule has 0 unspecified atom stereocenters. The second kappa shape index (κ2) is 31.6. The van der Waals surface area contributed by atoms with E-state index < -0.39 is 0 Å². The Labute approximate surface area is 618 Å². The van der Waals surface area contributed by atoms with Crippen LogP contribution in [0, 0.1) is 27.7 Å². The number of phenolic OH excluding ortho intramolecular Hbond substituents is 2. The zero-order chi connectivity index (χ0) is 72.7. The predicted molar refractivity (Wildman–Crippen MR) is 422 cm³/mol. The van der Waals surface area contributed by atoms with E-state index in [-0.39, 0.29) is 57.1 Å². The summed E-state index contributed by atoms with van der Waals surface area (Å²) in [7, 11) is 3.35. The third-order valence-corrected chi connectivity index (χ3v) is 22.3. The van der Waals surface area contributed by atoms with Crippen LogP contribution in [0.4, 0.5) is 22.7 Å². The Hall–Kier alpha value is -10.2. The van der Waals surface area contributed by atoms with E-state index in [2.05, 4.69) is 170 Å². The summed E-state index contributed by atoms with van der Waals surface area (Å²) in [5, 5.41) is 56.8. The van der Waals surface area contributed by atoms with Crippen LogP contribution in [0.2, 0.25) is 0 Å². The Morgan fingerprint density at radius 2 is 0.660 bits per heavy atom. The number of hydrogen-bond acceptors (Lipinski definition) is 8. The third-order valence-electron chi connectivity index (χ3n) is 19.1. The standard InChI is InChI=1S/2C39H40N2O3.2C7H7.Zr/c2*1-25-21-30(37(42)31(22-25)39(3,4)5)29-15-7-10-16-32(29)40(19-20-44-6)35-23-26(2)24-36(38(35)43)41-33-17-11-8-13-27(33)28-14-9-12-18-34(28)41;2*1-7-5-3-2-4-6-7;/h2*7-18,21-24,42-43H,19-20H2,1-6H3;2*2-6H,1H2;/q;;;;+2/p-2. The molecule has 0 saturated carbocycles. The van der Waals surface area contributed by atoms with Crippen molar-refractivity contribution in [2.45, 2.75) is 88.3 Å². The van der Waals surface area contributed by atoms with Gasteiger partial charge in [-0.15, -0.1) is 0 Å². The molecule has 0 bridgehead atoms. The minimum absolute atomic E-state index is 0.0293. The van der Waals surface area contributed by atoms with Gasteiger partial charge in [-0.1, -0.05) is 198 Å². The first kappa shape index (κ1) is 72.6. The molecule has 0 aliphatic rings. The summed E-state index contributed by atoms with van der Waals surface area (Å²) in [6, 6.07) is 86.8. The van der Waals surface area contributed by atoms with Crippen LogP contribution in [0.5, 0.6) is 23.0 Å². The van der Waals surface area contributed by atoms with E-state index in [0.29, 0.717) is 60.2 Å². The number of benzene rings is 12. The fourth-order valence-corrected chi connectivity index (χ4v) is 17.1. The molecule has 103 heavy (non-hydrogen) atoms. The number of hydrogen-bond donors (Lipinski definition) is 2. The fourth-order valence-electron chi connectivity index (χ4n) is 14.2. The number of para-hydroxylation sites is 6. The van der Waals surface area contributed by atoms with Crippen molar-refractivity contribution in [2.24, 2.45) is 0 Å². The number of aromatic hydroxyl groups is 2. The van der Waals surface area contributed by atoms with Gasteiger partial charge >= 0.3 is 103 Å². The zero-order valence-corrected chi connectivity index (χ0v) is 63.8. The van der Waals surface area contributed by atoms with Crippen LogP contribution in [-0.2, 0) is 51.8 Å². The first-order valence-corrected chi connectivity index (χ1v) is 38.9.